The first-order chi connectivity index (χ1) is 10.9. The number of nitro benzene ring substituents is 2. The van der Waals surface area contributed by atoms with Crippen molar-refractivity contribution < 1.29 is 9.85 Å². The second-order valence-electron chi connectivity index (χ2n) is 4.77. The highest BCUT2D eigenvalue weighted by atomic mass is 16.6. The second kappa shape index (κ2) is 6.49. The van der Waals surface area contributed by atoms with Crippen LogP contribution < -0.4 is 0 Å². The van der Waals surface area contributed by atoms with Gasteiger partial charge in [-0.2, -0.15) is 5.26 Å². The lowest BCUT2D eigenvalue weighted by Gasteiger charge is -2.03. The molecule has 2 aromatic rings. The Hall–Kier alpha value is -3.53. The third-order valence-electron chi connectivity index (χ3n) is 3.27. The van der Waals surface area contributed by atoms with Gasteiger partial charge in [-0.15, -0.1) is 0 Å². The summed E-state index contributed by atoms with van der Waals surface area (Å²) in [5.41, 5.74) is 2.11. The molecule has 2 aromatic carbocycles. The van der Waals surface area contributed by atoms with Crippen LogP contribution in [-0.4, -0.2) is 9.85 Å². The van der Waals surface area contributed by atoms with Crippen molar-refractivity contribution in [3.63, 3.8) is 0 Å². The first-order valence-electron chi connectivity index (χ1n) is 6.54. The van der Waals surface area contributed by atoms with E-state index in [1.54, 1.807) is 19.1 Å². The molecule has 2 rings (SSSR count). The van der Waals surface area contributed by atoms with Crippen molar-refractivity contribution in [2.24, 2.45) is 0 Å². The summed E-state index contributed by atoms with van der Waals surface area (Å²) in [7, 11) is 0. The van der Waals surface area contributed by atoms with Crippen molar-refractivity contribution in [2.75, 3.05) is 0 Å². The number of nitro groups is 2. The standard InChI is InChI=1S/C16H11N3O4/c1-11-8-16(19(22)23)7-4-13(11)9-14(10-17)12-2-5-15(6-3-12)18(20)21/h2-9H,1H3/b14-9+. The molecule has 0 radical (unpaired) electrons. The molecule has 0 spiro atoms. The summed E-state index contributed by atoms with van der Waals surface area (Å²) in [4.78, 5) is 20.4. The SMILES string of the molecule is Cc1cc([N+](=O)[O-])ccc1/C=C(\C#N)c1ccc([N+](=O)[O-])cc1. The van der Waals surface area contributed by atoms with Crippen molar-refractivity contribution in [1.29, 1.82) is 5.26 Å². The Bertz CT molecular complexity index is 849. The van der Waals surface area contributed by atoms with E-state index in [4.69, 9.17) is 0 Å². The van der Waals surface area contributed by atoms with Crippen molar-refractivity contribution in [1.82, 2.24) is 0 Å². The number of non-ortho nitro benzene ring substituents is 2. The smallest absolute Gasteiger partial charge is 0.258 e. The van der Waals surface area contributed by atoms with Crippen molar-refractivity contribution >= 4 is 23.0 Å². The van der Waals surface area contributed by atoms with Crippen LogP contribution in [0, 0.1) is 38.5 Å². The van der Waals surface area contributed by atoms with Crippen LogP contribution in [0.2, 0.25) is 0 Å². The third kappa shape index (κ3) is 3.57. The van der Waals surface area contributed by atoms with Crippen LogP contribution in [0.1, 0.15) is 16.7 Å². The van der Waals surface area contributed by atoms with Gasteiger partial charge >= 0.3 is 0 Å². The Labute approximate surface area is 131 Å². The zero-order chi connectivity index (χ0) is 17.0. The van der Waals surface area contributed by atoms with E-state index >= 15 is 0 Å². The lowest BCUT2D eigenvalue weighted by Crippen LogP contribution is -1.91. The summed E-state index contributed by atoms with van der Waals surface area (Å²) in [5, 5.41) is 30.7. The van der Waals surface area contributed by atoms with Crippen molar-refractivity contribution in [2.45, 2.75) is 6.92 Å². The highest BCUT2D eigenvalue weighted by Crippen LogP contribution is 2.24. The summed E-state index contributed by atoms with van der Waals surface area (Å²) in [6, 6.07) is 12.0. The average Bonchev–Trinajstić information content (AvgIpc) is 2.53. The number of allylic oxidation sites excluding steroid dienone is 1. The maximum atomic E-state index is 10.7. The van der Waals surface area contributed by atoms with Gasteiger partial charge in [0, 0.05) is 24.3 Å². The quantitative estimate of drug-likeness (QED) is 0.368. The van der Waals surface area contributed by atoms with Crippen LogP contribution in [0.15, 0.2) is 42.5 Å². The topological polar surface area (TPSA) is 110 Å². The molecule has 0 saturated heterocycles. The minimum Gasteiger partial charge on any atom is -0.258 e. The Morgan fingerprint density at radius 2 is 1.61 bits per heavy atom. The first-order valence-corrected chi connectivity index (χ1v) is 6.54. The number of benzene rings is 2. The maximum absolute atomic E-state index is 10.7. The van der Waals surface area contributed by atoms with E-state index < -0.39 is 9.85 Å². The number of nitrogens with zero attached hydrogens (tertiary/aromatic N) is 3. The number of hydrogen-bond donors (Lipinski definition) is 0. The van der Waals surface area contributed by atoms with E-state index in [1.807, 2.05) is 6.07 Å². The van der Waals surface area contributed by atoms with Gasteiger partial charge in [-0.25, -0.2) is 0 Å². The maximum Gasteiger partial charge on any atom is 0.269 e. The summed E-state index contributed by atoms with van der Waals surface area (Å²) in [6.45, 7) is 1.71. The molecule has 0 aliphatic rings. The predicted molar refractivity (Wildman–Crippen MR) is 84.4 cm³/mol. The van der Waals surface area contributed by atoms with E-state index in [0.29, 0.717) is 22.3 Å². The molecule has 0 aliphatic heterocycles. The minimum atomic E-state index is -0.514. The number of aryl methyl sites for hydroxylation is 1. The second-order valence-corrected chi connectivity index (χ2v) is 4.77. The fourth-order valence-corrected chi connectivity index (χ4v) is 2.03. The molecule has 7 nitrogen and oxygen atoms in total. The highest BCUT2D eigenvalue weighted by molar-refractivity contribution is 5.90. The van der Waals surface area contributed by atoms with Crippen LogP contribution in [0.5, 0.6) is 0 Å². The van der Waals surface area contributed by atoms with Gasteiger partial charge in [-0.3, -0.25) is 20.2 Å². The van der Waals surface area contributed by atoms with Gasteiger partial charge in [0.2, 0.25) is 0 Å². The fourth-order valence-electron chi connectivity index (χ4n) is 2.03. The Kier molecular flexibility index (Phi) is 4.47. The largest absolute Gasteiger partial charge is 0.269 e. The van der Waals surface area contributed by atoms with Gasteiger partial charge in [-0.1, -0.05) is 0 Å². The number of nitriles is 1. The highest BCUT2D eigenvalue weighted by Gasteiger charge is 2.10. The molecule has 0 amide bonds. The van der Waals surface area contributed by atoms with Gasteiger partial charge < -0.3 is 0 Å². The molecule has 0 bridgehead atoms. The molecule has 7 heteroatoms. The predicted octanol–water partition coefficient (Wildman–Crippen LogP) is 3.88. The van der Waals surface area contributed by atoms with Crippen LogP contribution >= 0.6 is 0 Å². The zero-order valence-corrected chi connectivity index (χ0v) is 12.1. The summed E-state index contributed by atoms with van der Waals surface area (Å²) >= 11 is 0. The molecule has 114 valence electrons. The Morgan fingerprint density at radius 3 is 2.09 bits per heavy atom. The van der Waals surface area contributed by atoms with Gasteiger partial charge in [0.1, 0.15) is 0 Å². The van der Waals surface area contributed by atoms with Gasteiger partial charge in [-0.05, 0) is 47.9 Å². The fraction of sp³-hybridized carbons (Fsp3) is 0.0625. The van der Waals surface area contributed by atoms with E-state index in [-0.39, 0.29) is 11.4 Å². The molecule has 0 heterocycles. The van der Waals surface area contributed by atoms with Crippen LogP contribution in [0.25, 0.3) is 11.6 Å². The molecular weight excluding hydrogens is 298 g/mol. The van der Waals surface area contributed by atoms with E-state index in [9.17, 15) is 25.5 Å². The normalized spacial score (nSPS) is 10.9. The first kappa shape index (κ1) is 15.9. The molecule has 0 saturated carbocycles. The van der Waals surface area contributed by atoms with E-state index in [2.05, 4.69) is 0 Å². The lowest BCUT2D eigenvalue weighted by molar-refractivity contribution is -0.385. The molecule has 0 N–H and O–H groups in total. The van der Waals surface area contributed by atoms with E-state index in [1.165, 1.54) is 36.4 Å². The van der Waals surface area contributed by atoms with Crippen molar-refractivity contribution in [3.8, 4) is 6.07 Å². The molecule has 0 unspecified atom stereocenters. The molecule has 23 heavy (non-hydrogen) atoms. The monoisotopic (exact) mass is 309 g/mol. The lowest BCUT2D eigenvalue weighted by atomic mass is 10.0. The van der Waals surface area contributed by atoms with Gasteiger partial charge in [0.05, 0.1) is 21.5 Å². The molecule has 0 atom stereocenters. The van der Waals surface area contributed by atoms with Crippen molar-refractivity contribution in [3.05, 3.63) is 79.4 Å². The Morgan fingerprint density at radius 1 is 1.04 bits per heavy atom. The van der Waals surface area contributed by atoms with E-state index in [0.717, 1.165) is 0 Å². The summed E-state index contributed by atoms with van der Waals surface area (Å²) in [5.74, 6) is 0. The molecule has 0 aliphatic carbocycles. The number of hydrogen-bond acceptors (Lipinski definition) is 5. The molecule has 0 aromatic heterocycles. The average molecular weight is 309 g/mol. The van der Waals surface area contributed by atoms with Gasteiger partial charge in [0.15, 0.2) is 0 Å². The molecular formula is C16H11N3O4. The Balaban J connectivity index is 2.41. The van der Waals surface area contributed by atoms with Gasteiger partial charge in [0.25, 0.3) is 11.4 Å². The molecule has 0 fully saturated rings. The zero-order valence-electron chi connectivity index (χ0n) is 12.1. The summed E-state index contributed by atoms with van der Waals surface area (Å²) < 4.78 is 0. The van der Waals surface area contributed by atoms with Crippen LogP contribution in [0.4, 0.5) is 11.4 Å². The van der Waals surface area contributed by atoms with Crippen LogP contribution in [-0.2, 0) is 0 Å². The third-order valence-corrected chi connectivity index (χ3v) is 3.27. The minimum absolute atomic E-state index is 0.0199. The van der Waals surface area contributed by atoms with Crippen LogP contribution in [0.3, 0.4) is 0 Å². The summed E-state index contributed by atoms with van der Waals surface area (Å²) in [6.07, 6.45) is 1.60. The number of rotatable bonds is 4.